The van der Waals surface area contributed by atoms with Crippen LogP contribution in [0.25, 0.3) is 0 Å². The molecule has 2 aromatic rings. The highest BCUT2D eigenvalue weighted by Crippen LogP contribution is 2.19. The van der Waals surface area contributed by atoms with E-state index in [0.717, 1.165) is 16.9 Å². The lowest BCUT2D eigenvalue weighted by molar-refractivity contribution is 0.202. The highest BCUT2D eigenvalue weighted by atomic mass is 35.5. The normalized spacial score (nSPS) is 12.1. The predicted molar refractivity (Wildman–Crippen MR) is 72.9 cm³/mol. The first kappa shape index (κ1) is 12.9. The molecule has 0 aromatic heterocycles. The van der Waals surface area contributed by atoms with Gasteiger partial charge in [0.15, 0.2) is 0 Å². The van der Waals surface area contributed by atoms with Gasteiger partial charge in [0.2, 0.25) is 0 Å². The number of rotatable bonds is 5. The number of benzene rings is 2. The van der Waals surface area contributed by atoms with Gasteiger partial charge in [0.05, 0.1) is 12.0 Å². The minimum atomic E-state index is -0.616. The average molecular weight is 263 g/mol. The Kier molecular flexibility index (Phi) is 4.62. The van der Waals surface area contributed by atoms with Gasteiger partial charge in [-0.05, 0) is 23.3 Å². The van der Waals surface area contributed by atoms with E-state index >= 15 is 0 Å². The zero-order chi connectivity index (χ0) is 12.8. The highest BCUT2D eigenvalue weighted by Gasteiger charge is 2.05. The van der Waals surface area contributed by atoms with Crippen molar-refractivity contribution in [1.29, 1.82) is 0 Å². The fraction of sp³-hybridized carbons (Fsp3) is 0.200. The van der Waals surface area contributed by atoms with Crippen LogP contribution in [-0.2, 0) is 6.61 Å². The molecule has 0 saturated carbocycles. The molecule has 0 amide bonds. The van der Waals surface area contributed by atoms with Crippen LogP contribution in [0, 0.1) is 0 Å². The van der Waals surface area contributed by atoms with Crippen LogP contribution in [0.4, 0.5) is 0 Å². The Morgan fingerprint density at radius 3 is 2.28 bits per heavy atom. The number of halogens is 1. The number of hydrogen-bond acceptors (Lipinski definition) is 2. The lowest BCUT2D eigenvalue weighted by Gasteiger charge is -2.09. The van der Waals surface area contributed by atoms with Crippen molar-refractivity contribution in [2.24, 2.45) is 0 Å². The first-order chi connectivity index (χ1) is 8.79. The summed E-state index contributed by atoms with van der Waals surface area (Å²) in [6, 6.07) is 17.3. The van der Waals surface area contributed by atoms with Crippen molar-refractivity contribution in [3.05, 3.63) is 65.7 Å². The van der Waals surface area contributed by atoms with Gasteiger partial charge in [0.25, 0.3) is 0 Å². The Morgan fingerprint density at radius 1 is 1.00 bits per heavy atom. The summed E-state index contributed by atoms with van der Waals surface area (Å²) in [6.07, 6.45) is -0.616. The largest absolute Gasteiger partial charge is 0.489 e. The van der Waals surface area contributed by atoms with Crippen molar-refractivity contribution in [3.63, 3.8) is 0 Å². The Labute approximate surface area is 112 Å². The molecule has 0 bridgehead atoms. The molecule has 0 saturated heterocycles. The molecule has 3 heteroatoms. The van der Waals surface area contributed by atoms with Crippen molar-refractivity contribution in [3.8, 4) is 5.75 Å². The van der Waals surface area contributed by atoms with Crippen molar-refractivity contribution in [1.82, 2.24) is 0 Å². The first-order valence-electron chi connectivity index (χ1n) is 5.80. The summed E-state index contributed by atoms with van der Waals surface area (Å²) >= 11 is 5.59. The summed E-state index contributed by atoms with van der Waals surface area (Å²) in [5.41, 5.74) is 1.93. The smallest absolute Gasteiger partial charge is 0.119 e. The van der Waals surface area contributed by atoms with Crippen LogP contribution in [0.5, 0.6) is 5.75 Å². The monoisotopic (exact) mass is 262 g/mol. The van der Waals surface area contributed by atoms with Crippen LogP contribution in [0.15, 0.2) is 54.6 Å². The van der Waals surface area contributed by atoms with Crippen LogP contribution in [0.3, 0.4) is 0 Å². The third kappa shape index (κ3) is 3.49. The highest BCUT2D eigenvalue weighted by molar-refractivity contribution is 6.18. The van der Waals surface area contributed by atoms with E-state index in [1.807, 2.05) is 54.6 Å². The molecule has 0 heterocycles. The Bertz CT molecular complexity index is 468. The minimum Gasteiger partial charge on any atom is -0.489 e. The van der Waals surface area contributed by atoms with Gasteiger partial charge in [-0.1, -0.05) is 42.5 Å². The lowest BCUT2D eigenvalue weighted by atomic mass is 10.1. The zero-order valence-corrected chi connectivity index (χ0v) is 10.7. The van der Waals surface area contributed by atoms with Crippen molar-refractivity contribution >= 4 is 11.6 Å². The van der Waals surface area contributed by atoms with E-state index in [-0.39, 0.29) is 5.88 Å². The van der Waals surface area contributed by atoms with Crippen molar-refractivity contribution < 1.29 is 9.84 Å². The third-order valence-electron chi connectivity index (χ3n) is 2.66. The third-order valence-corrected chi connectivity index (χ3v) is 2.95. The Hall–Kier alpha value is -1.51. The minimum absolute atomic E-state index is 0.199. The standard InChI is InChI=1S/C15H15ClO2/c16-10-15(17)13-6-8-14(9-7-13)18-11-12-4-2-1-3-5-12/h1-9,15,17H,10-11H2/t15-/m0/s1. The van der Waals surface area contributed by atoms with Crippen LogP contribution < -0.4 is 4.74 Å². The average Bonchev–Trinajstić information content (AvgIpc) is 2.46. The van der Waals surface area contributed by atoms with Gasteiger partial charge in [0.1, 0.15) is 12.4 Å². The van der Waals surface area contributed by atoms with Crippen LogP contribution in [0.1, 0.15) is 17.2 Å². The summed E-state index contributed by atoms with van der Waals surface area (Å²) in [5, 5.41) is 9.56. The molecule has 0 aliphatic heterocycles. The fourth-order valence-electron chi connectivity index (χ4n) is 1.62. The summed E-state index contributed by atoms with van der Waals surface area (Å²) in [5.74, 6) is 0.980. The van der Waals surface area contributed by atoms with Gasteiger partial charge in [-0.25, -0.2) is 0 Å². The predicted octanol–water partition coefficient (Wildman–Crippen LogP) is 3.54. The first-order valence-corrected chi connectivity index (χ1v) is 6.34. The molecule has 0 spiro atoms. The topological polar surface area (TPSA) is 29.5 Å². The molecule has 2 nitrogen and oxygen atoms in total. The summed E-state index contributed by atoms with van der Waals surface area (Å²) in [4.78, 5) is 0. The molecular formula is C15H15ClO2. The summed E-state index contributed by atoms with van der Waals surface area (Å²) in [6.45, 7) is 0.540. The van der Waals surface area contributed by atoms with E-state index in [4.69, 9.17) is 16.3 Å². The van der Waals surface area contributed by atoms with Gasteiger partial charge in [0, 0.05) is 0 Å². The molecule has 1 N–H and O–H groups in total. The molecule has 94 valence electrons. The number of ether oxygens (including phenoxy) is 1. The Balaban J connectivity index is 1.94. The maximum absolute atomic E-state index is 9.56. The Morgan fingerprint density at radius 2 is 1.67 bits per heavy atom. The molecule has 2 aromatic carbocycles. The zero-order valence-electron chi connectivity index (χ0n) is 9.92. The molecule has 18 heavy (non-hydrogen) atoms. The van der Waals surface area contributed by atoms with E-state index < -0.39 is 6.10 Å². The van der Waals surface area contributed by atoms with E-state index in [0.29, 0.717) is 6.61 Å². The molecule has 0 radical (unpaired) electrons. The number of aliphatic hydroxyl groups excluding tert-OH is 1. The van der Waals surface area contributed by atoms with E-state index in [1.54, 1.807) is 0 Å². The number of hydrogen-bond donors (Lipinski definition) is 1. The maximum Gasteiger partial charge on any atom is 0.119 e. The molecule has 0 aliphatic rings. The van der Waals surface area contributed by atoms with Crippen molar-refractivity contribution in [2.75, 3.05) is 5.88 Å². The molecular weight excluding hydrogens is 248 g/mol. The van der Waals surface area contributed by atoms with Gasteiger partial charge in [-0.15, -0.1) is 11.6 Å². The fourth-order valence-corrected chi connectivity index (χ4v) is 1.79. The van der Waals surface area contributed by atoms with E-state index in [9.17, 15) is 5.11 Å². The van der Waals surface area contributed by atoms with Crippen molar-refractivity contribution in [2.45, 2.75) is 12.7 Å². The SMILES string of the molecule is O[C@@H](CCl)c1ccc(OCc2ccccc2)cc1. The molecule has 2 rings (SSSR count). The van der Waals surface area contributed by atoms with Crippen LogP contribution >= 0.6 is 11.6 Å². The second-order valence-corrected chi connectivity index (χ2v) is 4.32. The summed E-state index contributed by atoms with van der Waals surface area (Å²) < 4.78 is 5.65. The van der Waals surface area contributed by atoms with Crippen LogP contribution in [-0.4, -0.2) is 11.0 Å². The second kappa shape index (κ2) is 6.43. The van der Waals surface area contributed by atoms with Gasteiger partial charge < -0.3 is 9.84 Å². The molecule has 0 fully saturated rings. The quantitative estimate of drug-likeness (QED) is 0.836. The second-order valence-electron chi connectivity index (χ2n) is 4.01. The molecule has 0 unspecified atom stereocenters. The number of aliphatic hydroxyl groups is 1. The van der Waals surface area contributed by atoms with Gasteiger partial charge in [-0.2, -0.15) is 0 Å². The van der Waals surface area contributed by atoms with Gasteiger partial charge >= 0.3 is 0 Å². The molecule has 1 atom stereocenters. The van der Waals surface area contributed by atoms with E-state index in [1.165, 1.54) is 0 Å². The maximum atomic E-state index is 9.56. The number of alkyl halides is 1. The van der Waals surface area contributed by atoms with Gasteiger partial charge in [-0.3, -0.25) is 0 Å². The van der Waals surface area contributed by atoms with E-state index in [2.05, 4.69) is 0 Å². The lowest BCUT2D eigenvalue weighted by Crippen LogP contribution is -1.99. The molecule has 0 aliphatic carbocycles. The summed E-state index contributed by atoms with van der Waals surface area (Å²) in [7, 11) is 0. The van der Waals surface area contributed by atoms with Crippen LogP contribution in [0.2, 0.25) is 0 Å².